The molecule has 0 aliphatic rings. The Labute approximate surface area is 287 Å². The molecule has 2 heterocycles. The van der Waals surface area contributed by atoms with Crippen LogP contribution < -0.4 is 0 Å². The maximum Gasteiger partial charge on any atom is 0.139 e. The fourth-order valence-corrected chi connectivity index (χ4v) is 8.11. The molecule has 0 fully saturated rings. The van der Waals surface area contributed by atoms with Crippen LogP contribution >= 0.6 is 0 Å². The number of rotatable bonds is 3. The SMILES string of the molecule is c1ccc(-c2ccc3cc(-c4c5ccccc5c(-c5ccc6oc7cc8oc9ccccc9c8cc7c6c5)c5ccccc45)ccc3c2)cc1. The van der Waals surface area contributed by atoms with Gasteiger partial charge in [-0.15, -0.1) is 0 Å². The predicted octanol–water partition coefficient (Wildman–Crippen LogP) is 13.9. The summed E-state index contributed by atoms with van der Waals surface area (Å²) in [6.07, 6.45) is 0. The quantitative estimate of drug-likeness (QED) is 0.180. The van der Waals surface area contributed by atoms with Gasteiger partial charge in [0.1, 0.15) is 22.3 Å². The highest BCUT2D eigenvalue weighted by Crippen LogP contribution is 2.46. The van der Waals surface area contributed by atoms with E-state index in [0.717, 1.165) is 43.9 Å². The Balaban J connectivity index is 1.13. The molecule has 0 N–H and O–H groups in total. The highest BCUT2D eigenvalue weighted by Gasteiger charge is 2.19. The zero-order valence-electron chi connectivity index (χ0n) is 27.0. The van der Waals surface area contributed by atoms with Gasteiger partial charge in [-0.2, -0.15) is 0 Å². The van der Waals surface area contributed by atoms with Crippen LogP contribution in [-0.2, 0) is 0 Å². The van der Waals surface area contributed by atoms with Gasteiger partial charge in [0.05, 0.1) is 0 Å². The van der Waals surface area contributed by atoms with E-state index in [0.29, 0.717) is 0 Å². The largest absolute Gasteiger partial charge is 0.456 e. The topological polar surface area (TPSA) is 26.3 Å². The first kappa shape index (κ1) is 27.3. The van der Waals surface area contributed by atoms with Gasteiger partial charge in [0.25, 0.3) is 0 Å². The van der Waals surface area contributed by atoms with Crippen molar-refractivity contribution < 1.29 is 8.83 Å². The van der Waals surface area contributed by atoms with Crippen molar-refractivity contribution in [3.05, 3.63) is 170 Å². The number of hydrogen-bond acceptors (Lipinski definition) is 2. The molecule has 0 aliphatic carbocycles. The van der Waals surface area contributed by atoms with Crippen LogP contribution in [0.25, 0.3) is 110 Å². The van der Waals surface area contributed by atoms with Crippen LogP contribution in [0, 0.1) is 0 Å². The second-order valence-corrected chi connectivity index (χ2v) is 13.2. The molecule has 0 radical (unpaired) electrons. The summed E-state index contributed by atoms with van der Waals surface area (Å²) in [5.41, 5.74) is 10.8. The standard InChI is InChI=1S/C48H28O2/c1-2-10-29(11-3-1)30-18-19-32-25-33(21-20-31(32)24-30)47-36-13-4-6-15-38(36)48(39-16-7-5-14-37(39)47)34-22-23-44-40(26-34)42-27-41-35-12-8-9-17-43(35)49-45(41)28-46(42)50-44/h1-28H. The monoisotopic (exact) mass is 636 g/mol. The Kier molecular flexibility index (Phi) is 5.70. The second-order valence-electron chi connectivity index (χ2n) is 13.2. The maximum atomic E-state index is 6.41. The average molecular weight is 637 g/mol. The minimum atomic E-state index is 0.834. The molecule has 11 aromatic rings. The molecule has 0 spiro atoms. The molecule has 2 heteroatoms. The lowest BCUT2D eigenvalue weighted by Gasteiger charge is -2.18. The van der Waals surface area contributed by atoms with Crippen LogP contribution in [0.2, 0.25) is 0 Å². The van der Waals surface area contributed by atoms with E-state index in [-0.39, 0.29) is 0 Å². The number of fused-ring (bicyclic) bond motifs is 9. The molecule has 0 bridgehead atoms. The molecule has 0 saturated carbocycles. The van der Waals surface area contributed by atoms with Gasteiger partial charge in [0.15, 0.2) is 0 Å². The number of hydrogen-bond donors (Lipinski definition) is 0. The molecule has 2 nitrogen and oxygen atoms in total. The van der Waals surface area contributed by atoms with Crippen LogP contribution in [0.5, 0.6) is 0 Å². The maximum absolute atomic E-state index is 6.41. The van der Waals surface area contributed by atoms with Gasteiger partial charge in [-0.05, 0) is 102 Å². The molecule has 0 atom stereocenters. The Hall–Kier alpha value is -6.64. The van der Waals surface area contributed by atoms with Gasteiger partial charge >= 0.3 is 0 Å². The summed E-state index contributed by atoms with van der Waals surface area (Å²) in [5, 5.41) is 11.8. The van der Waals surface area contributed by atoms with Crippen molar-refractivity contribution in [2.24, 2.45) is 0 Å². The minimum absolute atomic E-state index is 0.834. The van der Waals surface area contributed by atoms with E-state index in [1.165, 1.54) is 65.7 Å². The van der Waals surface area contributed by atoms with Crippen molar-refractivity contribution in [1.29, 1.82) is 0 Å². The Morgan fingerprint density at radius 3 is 1.36 bits per heavy atom. The van der Waals surface area contributed by atoms with Gasteiger partial charge in [-0.3, -0.25) is 0 Å². The highest BCUT2D eigenvalue weighted by atomic mass is 16.3. The summed E-state index contributed by atoms with van der Waals surface area (Å²) in [4.78, 5) is 0. The van der Waals surface area contributed by atoms with Crippen molar-refractivity contribution >= 4 is 76.2 Å². The van der Waals surface area contributed by atoms with Crippen molar-refractivity contribution in [3.63, 3.8) is 0 Å². The zero-order valence-corrected chi connectivity index (χ0v) is 27.0. The molecule has 0 saturated heterocycles. The first-order valence-electron chi connectivity index (χ1n) is 17.1. The number of para-hydroxylation sites is 1. The van der Waals surface area contributed by atoms with Crippen LogP contribution in [0.15, 0.2) is 179 Å². The summed E-state index contributed by atoms with van der Waals surface area (Å²) >= 11 is 0. The van der Waals surface area contributed by atoms with E-state index < -0.39 is 0 Å². The lowest BCUT2D eigenvalue weighted by molar-refractivity contribution is 0.656. The third-order valence-electron chi connectivity index (χ3n) is 10.4. The minimum Gasteiger partial charge on any atom is -0.456 e. The average Bonchev–Trinajstić information content (AvgIpc) is 3.72. The first-order valence-corrected chi connectivity index (χ1v) is 17.1. The van der Waals surface area contributed by atoms with Crippen molar-refractivity contribution in [2.75, 3.05) is 0 Å². The smallest absolute Gasteiger partial charge is 0.139 e. The number of furan rings is 2. The van der Waals surface area contributed by atoms with Gasteiger partial charge in [-0.25, -0.2) is 0 Å². The van der Waals surface area contributed by atoms with E-state index in [1.807, 2.05) is 18.2 Å². The van der Waals surface area contributed by atoms with Crippen molar-refractivity contribution in [2.45, 2.75) is 0 Å². The van der Waals surface area contributed by atoms with Crippen LogP contribution in [0.3, 0.4) is 0 Å². The van der Waals surface area contributed by atoms with E-state index in [9.17, 15) is 0 Å². The normalized spacial score (nSPS) is 12.0. The van der Waals surface area contributed by atoms with Gasteiger partial charge in [0.2, 0.25) is 0 Å². The molecule has 0 unspecified atom stereocenters. The molecule has 2 aromatic heterocycles. The van der Waals surface area contributed by atoms with E-state index >= 15 is 0 Å². The Morgan fingerprint density at radius 2 is 0.700 bits per heavy atom. The molecule has 0 aliphatic heterocycles. The summed E-state index contributed by atoms with van der Waals surface area (Å²) < 4.78 is 12.6. The summed E-state index contributed by atoms with van der Waals surface area (Å²) in [6, 6.07) is 61.1. The van der Waals surface area contributed by atoms with Gasteiger partial charge < -0.3 is 8.83 Å². The summed E-state index contributed by atoms with van der Waals surface area (Å²) in [7, 11) is 0. The van der Waals surface area contributed by atoms with Gasteiger partial charge in [0, 0.05) is 27.6 Å². The van der Waals surface area contributed by atoms with Crippen LogP contribution in [0.1, 0.15) is 0 Å². The second kappa shape index (κ2) is 10.4. The third kappa shape index (κ3) is 4.03. The predicted molar refractivity (Wildman–Crippen MR) is 210 cm³/mol. The van der Waals surface area contributed by atoms with Gasteiger partial charge in [-0.1, -0.05) is 127 Å². The molecule has 11 rings (SSSR count). The highest BCUT2D eigenvalue weighted by molar-refractivity contribution is 6.23. The summed E-state index contributed by atoms with van der Waals surface area (Å²) in [5.74, 6) is 0. The zero-order chi connectivity index (χ0) is 32.8. The molecule has 50 heavy (non-hydrogen) atoms. The molecular weight excluding hydrogens is 609 g/mol. The van der Waals surface area contributed by atoms with Crippen LogP contribution in [0.4, 0.5) is 0 Å². The third-order valence-corrected chi connectivity index (χ3v) is 10.4. The first-order chi connectivity index (χ1) is 24.8. The van der Waals surface area contributed by atoms with E-state index in [4.69, 9.17) is 8.83 Å². The van der Waals surface area contributed by atoms with Crippen molar-refractivity contribution in [3.8, 4) is 33.4 Å². The lowest BCUT2D eigenvalue weighted by atomic mass is 9.85. The Morgan fingerprint density at radius 1 is 0.240 bits per heavy atom. The molecule has 9 aromatic carbocycles. The Bertz CT molecular complexity index is 3080. The molecule has 0 amide bonds. The van der Waals surface area contributed by atoms with Crippen molar-refractivity contribution in [1.82, 2.24) is 0 Å². The summed E-state index contributed by atoms with van der Waals surface area (Å²) in [6.45, 7) is 0. The molecule has 232 valence electrons. The number of benzene rings is 9. The van der Waals surface area contributed by atoms with E-state index in [1.54, 1.807) is 0 Å². The van der Waals surface area contributed by atoms with Crippen LogP contribution in [-0.4, -0.2) is 0 Å². The fourth-order valence-electron chi connectivity index (χ4n) is 8.11. The molecular formula is C48H28O2. The lowest BCUT2D eigenvalue weighted by Crippen LogP contribution is -1.91. The fraction of sp³-hybridized carbons (Fsp3) is 0. The van der Waals surface area contributed by atoms with E-state index in [2.05, 4.69) is 152 Å².